The van der Waals surface area contributed by atoms with Gasteiger partial charge in [-0.2, -0.15) is 0 Å². The number of carbonyl (C=O) groups is 3. The van der Waals surface area contributed by atoms with Crippen molar-refractivity contribution in [3.8, 4) is 0 Å². The van der Waals surface area contributed by atoms with E-state index in [1.807, 2.05) is 6.92 Å². The van der Waals surface area contributed by atoms with Gasteiger partial charge in [-0.3, -0.25) is 14.5 Å². The van der Waals surface area contributed by atoms with Gasteiger partial charge in [0.05, 0.1) is 6.04 Å². The Labute approximate surface area is 152 Å². The lowest BCUT2D eigenvalue weighted by molar-refractivity contribution is -0.131. The molecule has 1 aliphatic heterocycles. The van der Waals surface area contributed by atoms with Crippen LogP contribution in [0.5, 0.6) is 0 Å². The maximum absolute atomic E-state index is 12.9. The van der Waals surface area contributed by atoms with Crippen LogP contribution in [0.4, 0.5) is 9.18 Å². The molecule has 2 aliphatic rings. The molecule has 1 saturated carbocycles. The first-order chi connectivity index (χ1) is 12.4. The molecule has 1 aromatic carbocycles. The van der Waals surface area contributed by atoms with E-state index < -0.39 is 5.54 Å². The highest BCUT2D eigenvalue weighted by Crippen LogP contribution is 2.35. The van der Waals surface area contributed by atoms with Gasteiger partial charge in [0.25, 0.3) is 5.91 Å². The maximum Gasteiger partial charge on any atom is 0.325 e. The van der Waals surface area contributed by atoms with Crippen LogP contribution in [0.2, 0.25) is 0 Å². The van der Waals surface area contributed by atoms with E-state index in [4.69, 9.17) is 0 Å². The fourth-order valence-corrected chi connectivity index (χ4v) is 3.74. The van der Waals surface area contributed by atoms with Gasteiger partial charge in [0, 0.05) is 13.0 Å². The molecule has 1 aliphatic carbocycles. The summed E-state index contributed by atoms with van der Waals surface area (Å²) in [5, 5.41) is 5.68. The van der Waals surface area contributed by atoms with Crippen molar-refractivity contribution < 1.29 is 18.8 Å². The summed E-state index contributed by atoms with van der Waals surface area (Å²) in [4.78, 5) is 37.9. The topological polar surface area (TPSA) is 78.5 Å². The third-order valence-electron chi connectivity index (χ3n) is 5.24. The minimum atomic E-state index is -0.698. The smallest absolute Gasteiger partial charge is 0.325 e. The maximum atomic E-state index is 12.9. The first kappa shape index (κ1) is 18.4. The third kappa shape index (κ3) is 3.71. The first-order valence-corrected chi connectivity index (χ1v) is 9.10. The lowest BCUT2D eigenvalue weighted by Gasteiger charge is -2.20. The fraction of sp³-hybridized carbons (Fsp3) is 0.526. The third-order valence-corrected chi connectivity index (χ3v) is 5.24. The Balaban J connectivity index is 1.45. The predicted octanol–water partition coefficient (Wildman–Crippen LogP) is 2.65. The summed E-state index contributed by atoms with van der Waals surface area (Å²) in [6.45, 7) is 2.07. The molecule has 6 nitrogen and oxygen atoms in total. The van der Waals surface area contributed by atoms with Crippen LogP contribution in [0.3, 0.4) is 0 Å². The Hall–Kier alpha value is -2.44. The number of benzene rings is 1. The summed E-state index contributed by atoms with van der Waals surface area (Å²) in [6.07, 6.45) is 3.92. The van der Waals surface area contributed by atoms with E-state index in [1.54, 1.807) is 12.1 Å². The molecule has 1 unspecified atom stereocenters. The van der Waals surface area contributed by atoms with Crippen LogP contribution < -0.4 is 10.6 Å². The quantitative estimate of drug-likeness (QED) is 0.765. The van der Waals surface area contributed by atoms with Crippen molar-refractivity contribution in [2.24, 2.45) is 0 Å². The Morgan fingerprint density at radius 3 is 2.58 bits per heavy atom. The molecule has 26 heavy (non-hydrogen) atoms. The number of imide groups is 1. The number of nitrogens with one attached hydrogen (secondary N) is 2. The number of nitrogens with zero attached hydrogens (tertiary/aromatic N) is 1. The molecular weight excluding hydrogens is 337 g/mol. The molecule has 0 aromatic heterocycles. The van der Waals surface area contributed by atoms with Crippen molar-refractivity contribution in [1.29, 1.82) is 0 Å². The molecule has 1 saturated heterocycles. The Kier molecular flexibility index (Phi) is 5.25. The first-order valence-electron chi connectivity index (χ1n) is 9.10. The number of rotatable bonds is 6. The monoisotopic (exact) mass is 361 g/mol. The number of urea groups is 1. The predicted molar refractivity (Wildman–Crippen MR) is 93.6 cm³/mol. The van der Waals surface area contributed by atoms with Crippen LogP contribution in [0, 0.1) is 5.82 Å². The van der Waals surface area contributed by atoms with E-state index >= 15 is 0 Å². The van der Waals surface area contributed by atoms with Crippen molar-refractivity contribution in [3.05, 3.63) is 35.6 Å². The van der Waals surface area contributed by atoms with Gasteiger partial charge in [-0.25, -0.2) is 9.18 Å². The Morgan fingerprint density at radius 1 is 1.27 bits per heavy atom. The molecule has 1 heterocycles. The van der Waals surface area contributed by atoms with Crippen LogP contribution in [0.25, 0.3) is 0 Å². The van der Waals surface area contributed by atoms with Gasteiger partial charge in [0.2, 0.25) is 5.91 Å². The molecule has 1 spiro atoms. The average Bonchev–Trinajstić information content (AvgIpc) is 3.16. The highest BCUT2D eigenvalue weighted by atomic mass is 19.1. The van der Waals surface area contributed by atoms with E-state index in [-0.39, 0.29) is 42.7 Å². The lowest BCUT2D eigenvalue weighted by Crippen LogP contribution is -2.44. The summed E-state index contributed by atoms with van der Waals surface area (Å²) in [5.41, 5.74) is 0.119. The van der Waals surface area contributed by atoms with Crippen molar-refractivity contribution in [1.82, 2.24) is 15.5 Å². The van der Waals surface area contributed by atoms with Crippen LogP contribution in [-0.4, -0.2) is 34.8 Å². The molecule has 2 fully saturated rings. The van der Waals surface area contributed by atoms with E-state index in [2.05, 4.69) is 10.6 Å². The van der Waals surface area contributed by atoms with Crippen LogP contribution in [0.1, 0.15) is 57.1 Å². The van der Waals surface area contributed by atoms with Gasteiger partial charge in [-0.1, -0.05) is 25.0 Å². The van der Waals surface area contributed by atoms with Gasteiger partial charge in [0.1, 0.15) is 11.4 Å². The minimum Gasteiger partial charge on any atom is -0.350 e. The van der Waals surface area contributed by atoms with Crippen molar-refractivity contribution in [3.63, 3.8) is 0 Å². The fourth-order valence-electron chi connectivity index (χ4n) is 3.74. The van der Waals surface area contributed by atoms with Crippen molar-refractivity contribution in [2.45, 2.75) is 57.0 Å². The molecule has 7 heteroatoms. The van der Waals surface area contributed by atoms with Crippen molar-refractivity contribution >= 4 is 17.8 Å². The molecule has 0 bridgehead atoms. The number of hydrogen-bond acceptors (Lipinski definition) is 3. The van der Waals surface area contributed by atoms with Gasteiger partial charge in [-0.05, 0) is 43.9 Å². The molecule has 2 N–H and O–H groups in total. The molecular formula is C19H24FN3O3. The summed E-state index contributed by atoms with van der Waals surface area (Å²) in [6, 6.07) is 5.39. The summed E-state index contributed by atoms with van der Waals surface area (Å²) in [7, 11) is 0. The van der Waals surface area contributed by atoms with E-state index in [1.165, 1.54) is 17.0 Å². The second kappa shape index (κ2) is 7.43. The molecule has 140 valence electrons. The number of amides is 4. The number of carbonyl (C=O) groups excluding carboxylic acids is 3. The largest absolute Gasteiger partial charge is 0.350 e. The molecule has 3 rings (SSSR count). The van der Waals surface area contributed by atoms with Gasteiger partial charge >= 0.3 is 6.03 Å². The molecule has 1 atom stereocenters. The zero-order valence-corrected chi connectivity index (χ0v) is 14.9. The standard InChI is InChI=1S/C19H24FN3O3/c1-13(14-6-8-15(20)9-7-14)21-16(24)5-4-12-23-17(25)19(22-18(23)26)10-2-3-11-19/h6-9,13H,2-5,10-12H2,1H3,(H,21,24)(H,22,26). The average molecular weight is 361 g/mol. The highest BCUT2D eigenvalue weighted by molar-refractivity contribution is 6.07. The van der Waals surface area contributed by atoms with E-state index in [0.29, 0.717) is 19.3 Å². The zero-order valence-electron chi connectivity index (χ0n) is 14.9. The number of hydrogen-bond donors (Lipinski definition) is 2. The van der Waals surface area contributed by atoms with Crippen LogP contribution in [0.15, 0.2) is 24.3 Å². The van der Waals surface area contributed by atoms with Crippen molar-refractivity contribution in [2.75, 3.05) is 6.54 Å². The normalized spacial score (nSPS) is 19.7. The Bertz CT molecular complexity index is 698. The second-order valence-corrected chi connectivity index (χ2v) is 7.12. The van der Waals surface area contributed by atoms with Gasteiger partial charge < -0.3 is 10.6 Å². The second-order valence-electron chi connectivity index (χ2n) is 7.12. The molecule has 1 aromatic rings. The van der Waals surface area contributed by atoms with Gasteiger partial charge in [0.15, 0.2) is 0 Å². The molecule has 0 radical (unpaired) electrons. The highest BCUT2D eigenvalue weighted by Gasteiger charge is 2.51. The lowest BCUT2D eigenvalue weighted by atomic mass is 9.98. The summed E-state index contributed by atoms with van der Waals surface area (Å²) >= 11 is 0. The summed E-state index contributed by atoms with van der Waals surface area (Å²) < 4.78 is 12.9. The SMILES string of the molecule is CC(NC(=O)CCCN1C(=O)NC2(CCCC2)C1=O)c1ccc(F)cc1. The zero-order chi connectivity index (χ0) is 18.7. The van der Waals surface area contributed by atoms with Crippen LogP contribution in [-0.2, 0) is 9.59 Å². The summed E-state index contributed by atoms with van der Waals surface area (Å²) in [5.74, 6) is -0.634. The Morgan fingerprint density at radius 2 is 1.92 bits per heavy atom. The van der Waals surface area contributed by atoms with E-state index in [0.717, 1.165) is 18.4 Å². The van der Waals surface area contributed by atoms with Crippen LogP contribution >= 0.6 is 0 Å². The minimum absolute atomic E-state index is 0.153. The molecule has 4 amide bonds. The number of halogens is 1. The van der Waals surface area contributed by atoms with E-state index in [9.17, 15) is 18.8 Å². The van der Waals surface area contributed by atoms with Gasteiger partial charge in [-0.15, -0.1) is 0 Å².